The summed E-state index contributed by atoms with van der Waals surface area (Å²) in [4.78, 5) is 27.8. The van der Waals surface area contributed by atoms with Crippen LogP contribution in [0.4, 0.5) is 0 Å². The van der Waals surface area contributed by atoms with Crippen LogP contribution in [-0.2, 0) is 9.59 Å². The van der Waals surface area contributed by atoms with Gasteiger partial charge in [-0.05, 0) is 37.5 Å². The van der Waals surface area contributed by atoms with E-state index in [0.717, 1.165) is 48.1 Å². The summed E-state index contributed by atoms with van der Waals surface area (Å²) in [5, 5.41) is 6.30. The number of amides is 2. The first-order valence-electron chi connectivity index (χ1n) is 11.8. The van der Waals surface area contributed by atoms with Crippen molar-refractivity contribution in [2.75, 3.05) is 27.8 Å². The zero-order valence-electron chi connectivity index (χ0n) is 20.4. The maximum absolute atomic E-state index is 13.4. The van der Waals surface area contributed by atoms with Crippen molar-refractivity contribution in [3.8, 4) is 11.5 Å². The summed E-state index contributed by atoms with van der Waals surface area (Å²) in [5.74, 6) is 1.23. The van der Waals surface area contributed by atoms with Crippen molar-refractivity contribution in [3.63, 3.8) is 0 Å². The molecule has 0 spiro atoms. The fourth-order valence-corrected chi connectivity index (χ4v) is 4.83. The van der Waals surface area contributed by atoms with Crippen LogP contribution >= 0.6 is 0 Å². The molecule has 34 heavy (non-hydrogen) atoms. The fraction of sp³-hybridized carbons (Fsp3) is 0.444. The van der Waals surface area contributed by atoms with Crippen molar-refractivity contribution >= 4 is 17.5 Å². The Hall–Kier alpha value is -3.35. The molecule has 1 saturated carbocycles. The lowest BCUT2D eigenvalue weighted by atomic mass is 9.97. The summed E-state index contributed by atoms with van der Waals surface area (Å²) in [6.07, 6.45) is 4.53. The maximum Gasteiger partial charge on any atom is 0.262 e. The van der Waals surface area contributed by atoms with Gasteiger partial charge in [0.1, 0.15) is 18.0 Å². The molecule has 1 heterocycles. The standard InChI is InChI=1S/C27H33N3O4/c1-18-9-11-19(12-10-18)24-16-23(22-14-13-21(33-3)15-25(22)34-4)28-30(24)26(31)17-29(2)27(32)20-7-5-6-8-20/h9-15,20,24H,5-8,16-17H2,1-4H3/t24-/m1/s1. The minimum atomic E-state index is -0.245. The number of carbonyl (C=O) groups is 2. The van der Waals surface area contributed by atoms with Crippen molar-refractivity contribution in [1.29, 1.82) is 0 Å². The van der Waals surface area contributed by atoms with E-state index in [1.807, 2.05) is 49.4 Å². The van der Waals surface area contributed by atoms with Gasteiger partial charge in [0, 0.05) is 31.0 Å². The smallest absolute Gasteiger partial charge is 0.262 e. The van der Waals surface area contributed by atoms with Crippen molar-refractivity contribution < 1.29 is 19.1 Å². The number of benzene rings is 2. The van der Waals surface area contributed by atoms with Crippen LogP contribution in [0.5, 0.6) is 11.5 Å². The highest BCUT2D eigenvalue weighted by Crippen LogP contribution is 2.36. The number of aryl methyl sites for hydroxylation is 1. The lowest BCUT2D eigenvalue weighted by Gasteiger charge is -2.26. The van der Waals surface area contributed by atoms with Crippen LogP contribution in [0.2, 0.25) is 0 Å². The second-order valence-corrected chi connectivity index (χ2v) is 9.16. The summed E-state index contributed by atoms with van der Waals surface area (Å²) in [6, 6.07) is 13.5. The molecule has 7 heteroatoms. The summed E-state index contributed by atoms with van der Waals surface area (Å²) >= 11 is 0. The normalized spacial score (nSPS) is 18.1. The Kier molecular flexibility index (Phi) is 7.20. The Bertz CT molecular complexity index is 1070. The Balaban J connectivity index is 1.61. The van der Waals surface area contributed by atoms with Crippen LogP contribution in [0.3, 0.4) is 0 Å². The predicted molar refractivity (Wildman–Crippen MR) is 131 cm³/mol. The molecule has 0 N–H and O–H groups in total. The number of likely N-dealkylation sites (N-methyl/N-ethyl adjacent to an activating group) is 1. The molecule has 1 aliphatic carbocycles. The number of hydrazone groups is 1. The number of nitrogens with zero attached hydrogens (tertiary/aromatic N) is 3. The quantitative estimate of drug-likeness (QED) is 0.613. The van der Waals surface area contributed by atoms with Gasteiger partial charge in [0.05, 0.1) is 26.0 Å². The van der Waals surface area contributed by atoms with Crippen LogP contribution in [0.1, 0.15) is 54.8 Å². The summed E-state index contributed by atoms with van der Waals surface area (Å²) in [6.45, 7) is 2.04. The van der Waals surface area contributed by atoms with Gasteiger partial charge in [0.15, 0.2) is 0 Å². The fourth-order valence-electron chi connectivity index (χ4n) is 4.83. The third kappa shape index (κ3) is 4.93. The second kappa shape index (κ2) is 10.3. The van der Waals surface area contributed by atoms with Crippen molar-refractivity contribution in [2.24, 2.45) is 11.0 Å². The molecule has 1 aliphatic heterocycles. The zero-order chi connectivity index (χ0) is 24.2. The van der Waals surface area contributed by atoms with Crippen LogP contribution in [0.25, 0.3) is 0 Å². The lowest BCUT2D eigenvalue weighted by molar-refractivity contribution is -0.142. The molecule has 0 bridgehead atoms. The Morgan fingerprint density at radius 1 is 1.06 bits per heavy atom. The summed E-state index contributed by atoms with van der Waals surface area (Å²) in [5.41, 5.74) is 3.75. The molecule has 1 atom stereocenters. The largest absolute Gasteiger partial charge is 0.497 e. The van der Waals surface area contributed by atoms with Gasteiger partial charge in [-0.25, -0.2) is 5.01 Å². The first-order valence-corrected chi connectivity index (χ1v) is 11.8. The number of carbonyl (C=O) groups excluding carboxylic acids is 2. The van der Waals surface area contributed by atoms with E-state index in [-0.39, 0.29) is 30.3 Å². The molecule has 0 saturated heterocycles. The van der Waals surface area contributed by atoms with E-state index in [0.29, 0.717) is 17.9 Å². The predicted octanol–water partition coefficient (Wildman–Crippen LogP) is 4.34. The number of rotatable bonds is 7. The molecule has 1 fully saturated rings. The summed E-state index contributed by atoms with van der Waals surface area (Å²) < 4.78 is 10.9. The van der Waals surface area contributed by atoms with E-state index in [2.05, 4.69) is 0 Å². The molecular formula is C27H33N3O4. The minimum absolute atomic E-state index is 0.00816. The zero-order valence-corrected chi connectivity index (χ0v) is 20.4. The third-order valence-electron chi connectivity index (χ3n) is 6.80. The van der Waals surface area contributed by atoms with Crippen LogP contribution in [-0.4, -0.2) is 55.2 Å². The van der Waals surface area contributed by atoms with Gasteiger partial charge in [0.2, 0.25) is 5.91 Å². The molecule has 7 nitrogen and oxygen atoms in total. The van der Waals surface area contributed by atoms with Gasteiger partial charge >= 0.3 is 0 Å². The topological polar surface area (TPSA) is 71.4 Å². The highest BCUT2D eigenvalue weighted by Gasteiger charge is 2.35. The van der Waals surface area contributed by atoms with Gasteiger partial charge in [-0.3, -0.25) is 9.59 Å². The molecule has 180 valence electrons. The van der Waals surface area contributed by atoms with Crippen molar-refractivity contribution in [3.05, 3.63) is 59.2 Å². The minimum Gasteiger partial charge on any atom is -0.497 e. The van der Waals surface area contributed by atoms with Gasteiger partial charge < -0.3 is 14.4 Å². The molecule has 2 amide bonds. The van der Waals surface area contributed by atoms with E-state index < -0.39 is 0 Å². The average Bonchev–Trinajstić information content (AvgIpc) is 3.54. The molecule has 4 rings (SSSR count). The summed E-state index contributed by atoms with van der Waals surface area (Å²) in [7, 11) is 4.93. The third-order valence-corrected chi connectivity index (χ3v) is 6.80. The number of hydrogen-bond donors (Lipinski definition) is 0. The molecular weight excluding hydrogens is 430 g/mol. The van der Waals surface area contributed by atoms with E-state index in [4.69, 9.17) is 14.6 Å². The van der Waals surface area contributed by atoms with Crippen LogP contribution < -0.4 is 9.47 Å². The number of ether oxygens (including phenoxy) is 2. The Morgan fingerprint density at radius 3 is 2.41 bits per heavy atom. The van der Waals surface area contributed by atoms with Crippen molar-refractivity contribution in [1.82, 2.24) is 9.91 Å². The van der Waals surface area contributed by atoms with E-state index in [1.165, 1.54) is 0 Å². The second-order valence-electron chi connectivity index (χ2n) is 9.16. The maximum atomic E-state index is 13.4. The molecule has 2 aromatic carbocycles. The molecule has 0 aromatic heterocycles. The van der Waals surface area contributed by atoms with E-state index >= 15 is 0 Å². The van der Waals surface area contributed by atoms with Gasteiger partial charge in [-0.2, -0.15) is 5.10 Å². The Labute approximate surface area is 201 Å². The molecule has 0 unspecified atom stereocenters. The van der Waals surface area contributed by atoms with E-state index in [1.54, 1.807) is 31.2 Å². The lowest BCUT2D eigenvalue weighted by Crippen LogP contribution is -2.41. The average molecular weight is 464 g/mol. The SMILES string of the molecule is COc1ccc(C2=NN(C(=O)CN(C)C(=O)C3CCCC3)[C@@H](c3ccc(C)cc3)C2)c(OC)c1. The van der Waals surface area contributed by atoms with Crippen LogP contribution in [0.15, 0.2) is 47.6 Å². The molecule has 0 radical (unpaired) electrons. The van der Waals surface area contributed by atoms with Gasteiger partial charge in [-0.1, -0.05) is 42.7 Å². The highest BCUT2D eigenvalue weighted by atomic mass is 16.5. The molecule has 2 aliphatic rings. The highest BCUT2D eigenvalue weighted by molar-refractivity contribution is 6.05. The number of methoxy groups -OCH3 is 2. The van der Waals surface area contributed by atoms with Crippen LogP contribution in [0, 0.1) is 12.8 Å². The first-order chi connectivity index (χ1) is 16.4. The van der Waals surface area contributed by atoms with Gasteiger partial charge in [-0.15, -0.1) is 0 Å². The first kappa shape index (κ1) is 23.8. The number of hydrogen-bond acceptors (Lipinski definition) is 5. The van der Waals surface area contributed by atoms with Crippen molar-refractivity contribution in [2.45, 2.75) is 45.1 Å². The van der Waals surface area contributed by atoms with E-state index in [9.17, 15) is 9.59 Å². The molecule has 2 aromatic rings. The Morgan fingerprint density at radius 2 is 1.76 bits per heavy atom. The monoisotopic (exact) mass is 463 g/mol. The van der Waals surface area contributed by atoms with Gasteiger partial charge in [0.25, 0.3) is 5.91 Å².